The van der Waals surface area contributed by atoms with Gasteiger partial charge in [0.2, 0.25) is 17.6 Å². The summed E-state index contributed by atoms with van der Waals surface area (Å²) in [6.45, 7) is 7.56. The third-order valence-corrected chi connectivity index (χ3v) is 7.20. The van der Waals surface area contributed by atoms with Crippen LogP contribution < -0.4 is 21.7 Å². The minimum atomic E-state index is -1.11. The first-order valence-corrected chi connectivity index (χ1v) is 13.4. The quantitative estimate of drug-likeness (QED) is 0.204. The van der Waals surface area contributed by atoms with Gasteiger partial charge in [0.15, 0.2) is 0 Å². The molecule has 1 saturated heterocycles. The number of amides is 5. The second-order valence-electron chi connectivity index (χ2n) is 12.1. The molecule has 0 aromatic carbocycles. The van der Waals surface area contributed by atoms with E-state index >= 15 is 0 Å². The number of urea groups is 1. The molecule has 1 aliphatic heterocycles. The predicted octanol–water partition coefficient (Wildman–Crippen LogP) is 0.230. The van der Waals surface area contributed by atoms with E-state index in [4.69, 9.17) is 10.5 Å². The standard InChI is InChI=1S/C26H41N5O7/c1-14-9-18(23(35)29-17(10-15-5-6-15)20(33)22(27)34)31(12-14)24(36)21(26(2,3)4)30-25(37)28-11-19(32)38-13-16-7-8-16/h14-18,21H,5-13H2,1-4H3,(H2,27,34)(H,29,35)(H2,28,30,37)/t14-,17?,18+,21-/m1/s1. The lowest BCUT2D eigenvalue weighted by molar-refractivity contribution is -0.143. The highest BCUT2D eigenvalue weighted by Crippen LogP contribution is 2.34. The molecule has 212 valence electrons. The number of ketones is 1. The second-order valence-corrected chi connectivity index (χ2v) is 12.1. The monoisotopic (exact) mass is 535 g/mol. The predicted molar refractivity (Wildman–Crippen MR) is 136 cm³/mol. The Morgan fingerprint density at radius 1 is 1.00 bits per heavy atom. The third kappa shape index (κ3) is 8.42. The summed E-state index contributed by atoms with van der Waals surface area (Å²) in [5.74, 6) is -2.84. The summed E-state index contributed by atoms with van der Waals surface area (Å²) < 4.78 is 5.11. The van der Waals surface area contributed by atoms with Gasteiger partial charge in [-0.05, 0) is 48.9 Å². The van der Waals surface area contributed by atoms with Gasteiger partial charge in [-0.15, -0.1) is 0 Å². The van der Waals surface area contributed by atoms with Crippen LogP contribution >= 0.6 is 0 Å². The minimum Gasteiger partial charge on any atom is -0.464 e. The summed E-state index contributed by atoms with van der Waals surface area (Å²) in [6.07, 6.45) is 4.61. The van der Waals surface area contributed by atoms with Gasteiger partial charge in [-0.25, -0.2) is 4.79 Å². The zero-order valence-electron chi connectivity index (χ0n) is 22.7. The molecule has 38 heavy (non-hydrogen) atoms. The number of nitrogens with two attached hydrogens (primary N) is 1. The zero-order chi connectivity index (χ0) is 28.2. The number of primary amides is 1. The summed E-state index contributed by atoms with van der Waals surface area (Å²) in [7, 11) is 0. The second kappa shape index (κ2) is 12.1. The van der Waals surface area contributed by atoms with Gasteiger partial charge >= 0.3 is 12.0 Å². The molecule has 1 unspecified atom stereocenters. The molecular formula is C26H41N5O7. The third-order valence-electron chi connectivity index (χ3n) is 7.20. The van der Waals surface area contributed by atoms with E-state index in [1.807, 2.05) is 6.92 Å². The summed E-state index contributed by atoms with van der Waals surface area (Å²) in [4.78, 5) is 76.7. The summed E-state index contributed by atoms with van der Waals surface area (Å²) in [5, 5.41) is 7.75. The maximum absolute atomic E-state index is 13.7. The number of rotatable bonds is 12. The van der Waals surface area contributed by atoms with E-state index in [1.54, 1.807) is 20.8 Å². The molecule has 12 nitrogen and oxygen atoms in total. The first-order chi connectivity index (χ1) is 17.8. The molecule has 12 heteroatoms. The highest BCUT2D eigenvalue weighted by Gasteiger charge is 2.45. The lowest BCUT2D eigenvalue weighted by atomic mass is 9.85. The summed E-state index contributed by atoms with van der Waals surface area (Å²) >= 11 is 0. The van der Waals surface area contributed by atoms with Crippen LogP contribution in [0.15, 0.2) is 0 Å². The average molecular weight is 536 g/mol. The Bertz CT molecular complexity index is 954. The number of nitrogens with one attached hydrogen (secondary N) is 3. The Hall–Kier alpha value is -3.18. The van der Waals surface area contributed by atoms with E-state index in [9.17, 15) is 28.8 Å². The number of hydrogen-bond donors (Lipinski definition) is 4. The molecular weight excluding hydrogens is 494 g/mol. The Balaban J connectivity index is 1.64. The fraction of sp³-hybridized carbons (Fsp3) is 0.769. The SMILES string of the molecule is C[C@@H]1C[C@@H](C(=O)NC(CC2CC2)C(=O)C(N)=O)N(C(=O)[C@@H](NC(=O)NCC(=O)OCC2CC2)C(C)(C)C)C1. The Morgan fingerprint density at radius 3 is 2.18 bits per heavy atom. The van der Waals surface area contributed by atoms with E-state index < -0.39 is 59.0 Å². The lowest BCUT2D eigenvalue weighted by Gasteiger charge is -2.35. The summed E-state index contributed by atoms with van der Waals surface area (Å²) in [6, 6.07) is -3.60. The number of Topliss-reactive ketones (excluding diaryl/α,β-unsaturated/α-hetero) is 1. The van der Waals surface area contributed by atoms with Gasteiger partial charge in [-0.2, -0.15) is 0 Å². The Kier molecular flexibility index (Phi) is 9.37. The van der Waals surface area contributed by atoms with E-state index in [-0.39, 0.29) is 24.9 Å². The van der Waals surface area contributed by atoms with Crippen LogP contribution in [0, 0.1) is 23.2 Å². The van der Waals surface area contributed by atoms with Crippen molar-refractivity contribution in [1.29, 1.82) is 0 Å². The molecule has 0 bridgehead atoms. The van der Waals surface area contributed by atoms with Gasteiger partial charge in [0.1, 0.15) is 18.6 Å². The lowest BCUT2D eigenvalue weighted by Crippen LogP contribution is -2.60. The molecule has 3 aliphatic rings. The van der Waals surface area contributed by atoms with Crippen molar-refractivity contribution in [3.8, 4) is 0 Å². The van der Waals surface area contributed by atoms with Crippen molar-refractivity contribution < 1.29 is 33.5 Å². The van der Waals surface area contributed by atoms with Crippen LogP contribution in [0.2, 0.25) is 0 Å². The van der Waals surface area contributed by atoms with E-state index in [0.29, 0.717) is 25.4 Å². The smallest absolute Gasteiger partial charge is 0.325 e. The molecule has 0 aromatic rings. The molecule has 0 spiro atoms. The van der Waals surface area contributed by atoms with E-state index in [0.717, 1.165) is 25.7 Å². The molecule has 1 heterocycles. The van der Waals surface area contributed by atoms with Crippen molar-refractivity contribution in [3.63, 3.8) is 0 Å². The normalized spacial score (nSPS) is 22.7. The molecule has 5 amide bonds. The first kappa shape index (κ1) is 29.4. The highest BCUT2D eigenvalue weighted by molar-refractivity contribution is 6.37. The first-order valence-electron chi connectivity index (χ1n) is 13.4. The average Bonchev–Trinajstić information content (AvgIpc) is 3.77. The van der Waals surface area contributed by atoms with Gasteiger partial charge in [-0.3, -0.25) is 24.0 Å². The van der Waals surface area contributed by atoms with Gasteiger partial charge in [-0.1, -0.05) is 40.5 Å². The van der Waals surface area contributed by atoms with Crippen molar-refractivity contribution >= 4 is 35.5 Å². The van der Waals surface area contributed by atoms with Crippen molar-refractivity contribution in [2.45, 2.75) is 84.3 Å². The molecule has 0 aromatic heterocycles. The van der Waals surface area contributed by atoms with E-state index in [1.165, 1.54) is 4.90 Å². The van der Waals surface area contributed by atoms with Crippen molar-refractivity contribution in [2.75, 3.05) is 19.7 Å². The fourth-order valence-electron chi connectivity index (χ4n) is 4.59. The van der Waals surface area contributed by atoms with Gasteiger partial charge in [0, 0.05) is 6.54 Å². The fourth-order valence-corrected chi connectivity index (χ4v) is 4.59. The molecule has 4 atom stereocenters. The van der Waals surface area contributed by atoms with Crippen LogP contribution in [0.3, 0.4) is 0 Å². The topological polar surface area (TPSA) is 177 Å². The van der Waals surface area contributed by atoms with Crippen LogP contribution in [0.5, 0.6) is 0 Å². The van der Waals surface area contributed by atoms with Gasteiger partial charge in [0.25, 0.3) is 5.91 Å². The van der Waals surface area contributed by atoms with Crippen LogP contribution in [0.4, 0.5) is 4.79 Å². The molecule has 0 radical (unpaired) electrons. The Morgan fingerprint density at radius 2 is 1.63 bits per heavy atom. The molecule has 2 aliphatic carbocycles. The molecule has 5 N–H and O–H groups in total. The maximum Gasteiger partial charge on any atom is 0.325 e. The number of esters is 1. The van der Waals surface area contributed by atoms with Crippen molar-refractivity contribution in [2.24, 2.45) is 28.9 Å². The molecule has 3 fully saturated rings. The largest absolute Gasteiger partial charge is 0.464 e. The zero-order valence-corrected chi connectivity index (χ0v) is 22.7. The molecule has 3 rings (SSSR count). The summed E-state index contributed by atoms with van der Waals surface area (Å²) in [5.41, 5.74) is 4.47. The highest BCUT2D eigenvalue weighted by atomic mass is 16.5. The Labute approximate surface area is 223 Å². The molecule has 2 saturated carbocycles. The number of ether oxygens (including phenoxy) is 1. The number of nitrogens with zero attached hydrogens (tertiary/aromatic N) is 1. The number of carbonyl (C=O) groups excluding carboxylic acids is 6. The number of likely N-dealkylation sites (tertiary alicyclic amines) is 1. The van der Waals surface area contributed by atoms with E-state index in [2.05, 4.69) is 16.0 Å². The minimum absolute atomic E-state index is 0.000827. The van der Waals surface area contributed by atoms with Gasteiger partial charge < -0.3 is 31.3 Å². The van der Waals surface area contributed by atoms with Crippen molar-refractivity contribution in [1.82, 2.24) is 20.9 Å². The van der Waals surface area contributed by atoms with Crippen LogP contribution in [-0.2, 0) is 28.7 Å². The van der Waals surface area contributed by atoms with Gasteiger partial charge in [0.05, 0.1) is 12.6 Å². The maximum atomic E-state index is 13.7. The number of hydrogen-bond acceptors (Lipinski definition) is 7. The number of carbonyl (C=O) groups is 6. The van der Waals surface area contributed by atoms with Crippen LogP contribution in [-0.4, -0.2) is 78.2 Å². The van der Waals surface area contributed by atoms with Crippen molar-refractivity contribution in [3.05, 3.63) is 0 Å². The van der Waals surface area contributed by atoms with Crippen LogP contribution in [0.1, 0.15) is 66.2 Å². The van der Waals surface area contributed by atoms with Crippen LogP contribution in [0.25, 0.3) is 0 Å².